The molecule has 5 nitrogen and oxygen atoms in total. The van der Waals surface area contributed by atoms with Crippen LogP contribution in [0, 0.1) is 0 Å². The predicted octanol–water partition coefficient (Wildman–Crippen LogP) is 5.78. The maximum Gasteiger partial charge on any atom is 0.344 e. The molecule has 0 saturated heterocycles. The average Bonchev–Trinajstić information content (AvgIpc) is 2.73. The van der Waals surface area contributed by atoms with E-state index in [0.29, 0.717) is 38.2 Å². The van der Waals surface area contributed by atoms with Crippen molar-refractivity contribution in [1.29, 1.82) is 0 Å². The van der Waals surface area contributed by atoms with Crippen molar-refractivity contribution >= 4 is 45.8 Å². The molecule has 3 aromatic carbocycles. The van der Waals surface area contributed by atoms with Crippen LogP contribution in [-0.4, -0.2) is 12.5 Å². The molecular formula is C23H15Cl2NO4. The highest BCUT2D eigenvalue weighted by Crippen LogP contribution is 2.27. The minimum Gasteiger partial charge on any atom is -0.482 e. The number of fused-ring (bicyclic) bond motifs is 1. The van der Waals surface area contributed by atoms with Crippen LogP contribution < -0.4 is 15.7 Å². The molecule has 0 unspecified atom stereocenters. The van der Waals surface area contributed by atoms with Crippen LogP contribution in [0.15, 0.2) is 82.0 Å². The summed E-state index contributed by atoms with van der Waals surface area (Å²) < 4.78 is 10.8. The number of nitrogens with one attached hydrogen (secondary N) is 1. The first-order valence-electron chi connectivity index (χ1n) is 9.00. The van der Waals surface area contributed by atoms with Gasteiger partial charge in [0.2, 0.25) is 0 Å². The van der Waals surface area contributed by atoms with E-state index in [9.17, 15) is 9.59 Å². The van der Waals surface area contributed by atoms with Crippen molar-refractivity contribution in [3.8, 4) is 16.9 Å². The smallest absolute Gasteiger partial charge is 0.344 e. The lowest BCUT2D eigenvalue weighted by Crippen LogP contribution is -2.20. The van der Waals surface area contributed by atoms with Crippen molar-refractivity contribution in [3.05, 3.63) is 93.3 Å². The van der Waals surface area contributed by atoms with Crippen LogP contribution in [-0.2, 0) is 4.79 Å². The standard InChI is InChI=1S/C23H15Cl2NO4/c24-16-7-10-21(19(25)12-16)29-13-22(27)26-17-8-5-14(6-9-17)18-11-15-3-1-2-4-20(15)30-23(18)28/h1-12H,13H2,(H,26,27). The zero-order chi connectivity index (χ0) is 21.1. The highest BCUT2D eigenvalue weighted by Gasteiger charge is 2.10. The molecule has 0 fully saturated rings. The number of benzene rings is 3. The molecule has 0 radical (unpaired) electrons. The zero-order valence-corrected chi connectivity index (χ0v) is 17.0. The van der Waals surface area contributed by atoms with E-state index >= 15 is 0 Å². The van der Waals surface area contributed by atoms with E-state index < -0.39 is 5.63 Å². The van der Waals surface area contributed by atoms with Crippen LogP contribution >= 0.6 is 23.2 Å². The summed E-state index contributed by atoms with van der Waals surface area (Å²) in [5, 5.41) is 4.38. The summed E-state index contributed by atoms with van der Waals surface area (Å²) in [6.45, 7) is -0.211. The van der Waals surface area contributed by atoms with Gasteiger partial charge in [0.25, 0.3) is 5.91 Å². The Balaban J connectivity index is 1.44. The van der Waals surface area contributed by atoms with Gasteiger partial charge >= 0.3 is 5.63 Å². The van der Waals surface area contributed by atoms with Crippen LogP contribution in [0.3, 0.4) is 0 Å². The summed E-state index contributed by atoms with van der Waals surface area (Å²) in [6.07, 6.45) is 0. The van der Waals surface area contributed by atoms with Gasteiger partial charge in [-0.15, -0.1) is 0 Å². The number of amides is 1. The Morgan fingerprint density at radius 3 is 2.50 bits per heavy atom. The fourth-order valence-corrected chi connectivity index (χ4v) is 3.39. The minimum absolute atomic E-state index is 0.211. The molecule has 0 spiro atoms. The third kappa shape index (κ3) is 4.48. The molecule has 150 valence electrons. The molecule has 0 aliphatic heterocycles. The van der Waals surface area contributed by atoms with E-state index in [1.54, 1.807) is 54.6 Å². The fourth-order valence-electron chi connectivity index (χ4n) is 2.93. The van der Waals surface area contributed by atoms with Gasteiger partial charge in [-0.1, -0.05) is 53.5 Å². The number of carbonyl (C=O) groups excluding carboxylic acids is 1. The third-order valence-electron chi connectivity index (χ3n) is 4.37. The number of hydrogen-bond donors (Lipinski definition) is 1. The third-order valence-corrected chi connectivity index (χ3v) is 4.90. The molecule has 4 aromatic rings. The SMILES string of the molecule is O=C(COc1ccc(Cl)cc1Cl)Nc1ccc(-c2cc3ccccc3oc2=O)cc1. The summed E-state index contributed by atoms with van der Waals surface area (Å²) in [6, 6.07) is 20.8. The molecule has 1 heterocycles. The topological polar surface area (TPSA) is 68.5 Å². The molecule has 0 saturated carbocycles. The van der Waals surface area contributed by atoms with Crippen LogP contribution in [0.1, 0.15) is 0 Å². The average molecular weight is 440 g/mol. The summed E-state index contributed by atoms with van der Waals surface area (Å²) >= 11 is 11.9. The first-order chi connectivity index (χ1) is 14.5. The van der Waals surface area contributed by atoms with Gasteiger partial charge in [0.15, 0.2) is 6.61 Å². The van der Waals surface area contributed by atoms with E-state index in [2.05, 4.69) is 5.32 Å². The van der Waals surface area contributed by atoms with Crippen molar-refractivity contribution in [3.63, 3.8) is 0 Å². The quantitative estimate of drug-likeness (QED) is 0.399. The Morgan fingerprint density at radius 2 is 1.73 bits per heavy atom. The lowest BCUT2D eigenvalue weighted by atomic mass is 10.1. The van der Waals surface area contributed by atoms with E-state index in [4.69, 9.17) is 32.4 Å². The van der Waals surface area contributed by atoms with Crippen molar-refractivity contribution in [2.45, 2.75) is 0 Å². The lowest BCUT2D eigenvalue weighted by Gasteiger charge is -2.09. The Labute approximate surface area is 181 Å². The number of ether oxygens (including phenoxy) is 1. The Kier molecular flexibility index (Phi) is 5.74. The maximum atomic E-state index is 12.3. The molecule has 0 bridgehead atoms. The molecule has 1 N–H and O–H groups in total. The van der Waals surface area contributed by atoms with Gasteiger partial charge in [-0.3, -0.25) is 4.79 Å². The van der Waals surface area contributed by atoms with Gasteiger partial charge in [0.1, 0.15) is 11.3 Å². The van der Waals surface area contributed by atoms with Gasteiger partial charge in [-0.2, -0.15) is 0 Å². The Bertz CT molecular complexity index is 1280. The molecule has 30 heavy (non-hydrogen) atoms. The van der Waals surface area contributed by atoms with E-state index in [-0.39, 0.29) is 12.5 Å². The van der Waals surface area contributed by atoms with Crippen LogP contribution in [0.25, 0.3) is 22.1 Å². The minimum atomic E-state index is -0.418. The second kappa shape index (κ2) is 8.61. The summed E-state index contributed by atoms with van der Waals surface area (Å²) in [5.74, 6) is 0.0218. The lowest BCUT2D eigenvalue weighted by molar-refractivity contribution is -0.118. The second-order valence-corrected chi connectivity index (χ2v) is 7.32. The van der Waals surface area contributed by atoms with Crippen molar-refractivity contribution in [2.75, 3.05) is 11.9 Å². The fraction of sp³-hybridized carbons (Fsp3) is 0.0435. The number of halogens is 2. The first kappa shape index (κ1) is 20.0. The van der Waals surface area contributed by atoms with Crippen LogP contribution in [0.2, 0.25) is 10.0 Å². The van der Waals surface area contributed by atoms with Gasteiger partial charge in [-0.05, 0) is 48.0 Å². The predicted molar refractivity (Wildman–Crippen MR) is 119 cm³/mol. The number of para-hydroxylation sites is 1. The number of carbonyl (C=O) groups is 1. The van der Waals surface area contributed by atoms with Crippen molar-refractivity contribution in [2.24, 2.45) is 0 Å². The van der Waals surface area contributed by atoms with Gasteiger partial charge in [0, 0.05) is 16.1 Å². The second-order valence-electron chi connectivity index (χ2n) is 6.47. The summed E-state index contributed by atoms with van der Waals surface area (Å²) in [5.41, 5.74) is 1.83. The van der Waals surface area contributed by atoms with Crippen molar-refractivity contribution < 1.29 is 13.9 Å². The molecule has 1 amide bonds. The number of rotatable bonds is 5. The van der Waals surface area contributed by atoms with Gasteiger partial charge in [0.05, 0.1) is 10.6 Å². The van der Waals surface area contributed by atoms with E-state index in [1.807, 2.05) is 18.2 Å². The molecule has 0 aliphatic rings. The van der Waals surface area contributed by atoms with Crippen LogP contribution in [0.4, 0.5) is 5.69 Å². The monoisotopic (exact) mass is 439 g/mol. The normalized spacial score (nSPS) is 10.7. The summed E-state index contributed by atoms with van der Waals surface area (Å²) in [7, 11) is 0. The number of anilines is 1. The molecule has 1 aromatic heterocycles. The molecule has 0 aliphatic carbocycles. The highest BCUT2D eigenvalue weighted by molar-refractivity contribution is 6.35. The molecule has 0 atom stereocenters. The first-order valence-corrected chi connectivity index (χ1v) is 9.76. The largest absolute Gasteiger partial charge is 0.482 e. The molecule has 4 rings (SSSR count). The Morgan fingerprint density at radius 1 is 0.967 bits per heavy atom. The molecule has 7 heteroatoms. The highest BCUT2D eigenvalue weighted by atomic mass is 35.5. The van der Waals surface area contributed by atoms with E-state index in [0.717, 1.165) is 5.39 Å². The van der Waals surface area contributed by atoms with Gasteiger partial charge < -0.3 is 14.5 Å². The Hall–Kier alpha value is -3.28. The number of hydrogen-bond acceptors (Lipinski definition) is 4. The molecular weight excluding hydrogens is 425 g/mol. The van der Waals surface area contributed by atoms with Crippen molar-refractivity contribution in [1.82, 2.24) is 0 Å². The van der Waals surface area contributed by atoms with E-state index in [1.165, 1.54) is 0 Å². The van der Waals surface area contributed by atoms with Crippen LogP contribution in [0.5, 0.6) is 5.75 Å². The summed E-state index contributed by atoms with van der Waals surface area (Å²) in [4.78, 5) is 24.4. The zero-order valence-electron chi connectivity index (χ0n) is 15.5. The van der Waals surface area contributed by atoms with Gasteiger partial charge in [-0.25, -0.2) is 4.79 Å². The maximum absolute atomic E-state index is 12.3.